The summed E-state index contributed by atoms with van der Waals surface area (Å²) in [5.41, 5.74) is 0. The Labute approximate surface area is 119 Å². The van der Waals surface area contributed by atoms with E-state index in [0.717, 1.165) is 5.92 Å². The standard InChI is InChI=1S/C16H33N3/c1-2-9-19(15-16-7-5-8-17-14-16)13-6-12-18-10-3-4-11-18/h16-17H,2-15H2,1H3. The van der Waals surface area contributed by atoms with Gasteiger partial charge < -0.3 is 15.1 Å². The van der Waals surface area contributed by atoms with E-state index in [2.05, 4.69) is 22.0 Å². The van der Waals surface area contributed by atoms with Gasteiger partial charge in [-0.3, -0.25) is 0 Å². The van der Waals surface area contributed by atoms with Gasteiger partial charge in [0.1, 0.15) is 0 Å². The number of rotatable bonds is 8. The van der Waals surface area contributed by atoms with Gasteiger partial charge in [0.25, 0.3) is 0 Å². The molecule has 3 heteroatoms. The molecule has 19 heavy (non-hydrogen) atoms. The third kappa shape index (κ3) is 5.80. The summed E-state index contributed by atoms with van der Waals surface area (Å²) in [4.78, 5) is 5.36. The van der Waals surface area contributed by atoms with Gasteiger partial charge in [0.15, 0.2) is 0 Å². The third-order valence-corrected chi connectivity index (χ3v) is 4.60. The summed E-state index contributed by atoms with van der Waals surface area (Å²) in [6.07, 6.45) is 8.31. The first-order valence-electron chi connectivity index (χ1n) is 8.54. The van der Waals surface area contributed by atoms with Crippen molar-refractivity contribution in [2.24, 2.45) is 5.92 Å². The molecule has 112 valence electrons. The van der Waals surface area contributed by atoms with Crippen LogP contribution in [0.2, 0.25) is 0 Å². The molecule has 0 spiro atoms. The maximum absolute atomic E-state index is 3.55. The van der Waals surface area contributed by atoms with Crippen LogP contribution in [0.4, 0.5) is 0 Å². The van der Waals surface area contributed by atoms with Crippen molar-refractivity contribution in [3.05, 3.63) is 0 Å². The highest BCUT2D eigenvalue weighted by atomic mass is 15.2. The van der Waals surface area contributed by atoms with E-state index < -0.39 is 0 Å². The molecule has 1 unspecified atom stereocenters. The second-order valence-electron chi connectivity index (χ2n) is 6.42. The first kappa shape index (κ1) is 15.3. The van der Waals surface area contributed by atoms with Crippen LogP contribution >= 0.6 is 0 Å². The molecule has 0 saturated carbocycles. The Morgan fingerprint density at radius 3 is 2.68 bits per heavy atom. The molecule has 0 aromatic carbocycles. The molecule has 2 heterocycles. The van der Waals surface area contributed by atoms with E-state index >= 15 is 0 Å². The predicted molar refractivity (Wildman–Crippen MR) is 82.6 cm³/mol. The summed E-state index contributed by atoms with van der Waals surface area (Å²) >= 11 is 0. The van der Waals surface area contributed by atoms with Gasteiger partial charge in [0.2, 0.25) is 0 Å². The number of piperidine rings is 1. The molecule has 0 amide bonds. The van der Waals surface area contributed by atoms with Crippen LogP contribution in [0.25, 0.3) is 0 Å². The zero-order valence-corrected chi connectivity index (χ0v) is 12.9. The summed E-state index contributed by atoms with van der Waals surface area (Å²) in [5.74, 6) is 0.895. The minimum Gasteiger partial charge on any atom is -0.316 e. The molecule has 2 aliphatic rings. The normalized spacial score (nSPS) is 25.3. The van der Waals surface area contributed by atoms with E-state index in [1.807, 2.05) is 0 Å². The first-order chi connectivity index (χ1) is 9.38. The topological polar surface area (TPSA) is 18.5 Å². The van der Waals surface area contributed by atoms with Gasteiger partial charge in [-0.2, -0.15) is 0 Å². The highest BCUT2D eigenvalue weighted by Gasteiger charge is 2.17. The number of likely N-dealkylation sites (tertiary alicyclic amines) is 1. The van der Waals surface area contributed by atoms with Gasteiger partial charge in [-0.05, 0) is 90.3 Å². The Bertz CT molecular complexity index is 220. The van der Waals surface area contributed by atoms with Crippen LogP contribution in [-0.4, -0.2) is 62.2 Å². The summed E-state index contributed by atoms with van der Waals surface area (Å²) < 4.78 is 0. The second kappa shape index (κ2) is 8.93. The van der Waals surface area contributed by atoms with Gasteiger partial charge in [-0.1, -0.05) is 6.92 Å². The monoisotopic (exact) mass is 267 g/mol. The van der Waals surface area contributed by atoms with E-state index in [9.17, 15) is 0 Å². The lowest BCUT2D eigenvalue weighted by Gasteiger charge is -2.30. The summed E-state index contributed by atoms with van der Waals surface area (Å²) in [5, 5.41) is 3.55. The Balaban J connectivity index is 1.62. The fourth-order valence-electron chi connectivity index (χ4n) is 3.58. The smallest absolute Gasteiger partial charge is 0.00218 e. The van der Waals surface area contributed by atoms with Crippen molar-refractivity contribution in [3.8, 4) is 0 Å². The van der Waals surface area contributed by atoms with Crippen molar-refractivity contribution < 1.29 is 0 Å². The molecule has 2 fully saturated rings. The van der Waals surface area contributed by atoms with E-state index in [1.54, 1.807) is 0 Å². The fraction of sp³-hybridized carbons (Fsp3) is 1.00. The SMILES string of the molecule is CCCN(CCCN1CCCC1)CC1CCCNC1. The van der Waals surface area contributed by atoms with Crippen LogP contribution < -0.4 is 5.32 Å². The predicted octanol–water partition coefficient (Wildman–Crippen LogP) is 2.18. The Morgan fingerprint density at radius 1 is 1.16 bits per heavy atom. The largest absolute Gasteiger partial charge is 0.316 e. The zero-order chi connectivity index (χ0) is 13.3. The lowest BCUT2D eigenvalue weighted by Crippen LogP contribution is -2.39. The Morgan fingerprint density at radius 2 is 2.00 bits per heavy atom. The van der Waals surface area contributed by atoms with E-state index in [0.29, 0.717) is 0 Å². The van der Waals surface area contributed by atoms with Crippen molar-refractivity contribution >= 4 is 0 Å². The molecule has 3 nitrogen and oxygen atoms in total. The van der Waals surface area contributed by atoms with Crippen molar-refractivity contribution in [1.29, 1.82) is 0 Å². The Hall–Kier alpha value is -0.120. The van der Waals surface area contributed by atoms with Crippen LogP contribution in [-0.2, 0) is 0 Å². The van der Waals surface area contributed by atoms with Crippen LogP contribution in [0, 0.1) is 5.92 Å². The zero-order valence-electron chi connectivity index (χ0n) is 12.9. The van der Waals surface area contributed by atoms with E-state index in [4.69, 9.17) is 0 Å². The Kier molecular flexibility index (Phi) is 7.18. The van der Waals surface area contributed by atoms with Crippen LogP contribution in [0.15, 0.2) is 0 Å². The highest BCUT2D eigenvalue weighted by Crippen LogP contribution is 2.13. The molecule has 0 aromatic rings. The van der Waals surface area contributed by atoms with Crippen LogP contribution in [0.1, 0.15) is 45.4 Å². The molecule has 1 atom stereocenters. The quantitative estimate of drug-likeness (QED) is 0.727. The molecule has 1 N–H and O–H groups in total. The lowest BCUT2D eigenvalue weighted by atomic mass is 9.99. The maximum atomic E-state index is 3.55. The fourth-order valence-corrected chi connectivity index (χ4v) is 3.58. The molecule has 0 aromatic heterocycles. The summed E-state index contributed by atoms with van der Waals surface area (Å²) in [6.45, 7) is 12.7. The van der Waals surface area contributed by atoms with Crippen LogP contribution in [0.5, 0.6) is 0 Å². The third-order valence-electron chi connectivity index (χ3n) is 4.60. The second-order valence-corrected chi connectivity index (χ2v) is 6.42. The molecular weight excluding hydrogens is 234 g/mol. The highest BCUT2D eigenvalue weighted by molar-refractivity contribution is 4.74. The molecule has 0 radical (unpaired) electrons. The van der Waals surface area contributed by atoms with Gasteiger partial charge >= 0.3 is 0 Å². The molecule has 0 aliphatic carbocycles. The van der Waals surface area contributed by atoms with Crippen molar-refractivity contribution in [1.82, 2.24) is 15.1 Å². The minimum atomic E-state index is 0.895. The molecule has 2 aliphatic heterocycles. The number of hydrogen-bond acceptors (Lipinski definition) is 3. The maximum Gasteiger partial charge on any atom is 0.00218 e. The van der Waals surface area contributed by atoms with Gasteiger partial charge in [-0.15, -0.1) is 0 Å². The van der Waals surface area contributed by atoms with Crippen molar-refractivity contribution in [2.75, 3.05) is 52.4 Å². The van der Waals surface area contributed by atoms with Crippen molar-refractivity contribution in [2.45, 2.75) is 45.4 Å². The average Bonchev–Trinajstić information content (AvgIpc) is 2.93. The van der Waals surface area contributed by atoms with Crippen LogP contribution in [0.3, 0.4) is 0 Å². The van der Waals surface area contributed by atoms with Gasteiger partial charge in [0.05, 0.1) is 0 Å². The molecule has 2 saturated heterocycles. The minimum absolute atomic E-state index is 0.895. The van der Waals surface area contributed by atoms with E-state index in [-0.39, 0.29) is 0 Å². The number of nitrogens with zero attached hydrogens (tertiary/aromatic N) is 2. The van der Waals surface area contributed by atoms with Gasteiger partial charge in [0, 0.05) is 6.54 Å². The molecule has 0 bridgehead atoms. The van der Waals surface area contributed by atoms with E-state index in [1.165, 1.54) is 90.9 Å². The summed E-state index contributed by atoms with van der Waals surface area (Å²) in [6, 6.07) is 0. The van der Waals surface area contributed by atoms with Gasteiger partial charge in [-0.25, -0.2) is 0 Å². The lowest BCUT2D eigenvalue weighted by molar-refractivity contribution is 0.196. The average molecular weight is 267 g/mol. The summed E-state index contributed by atoms with van der Waals surface area (Å²) in [7, 11) is 0. The molecular formula is C16H33N3. The number of nitrogens with one attached hydrogen (secondary N) is 1. The van der Waals surface area contributed by atoms with Crippen molar-refractivity contribution in [3.63, 3.8) is 0 Å². The first-order valence-corrected chi connectivity index (χ1v) is 8.54. The molecule has 2 rings (SSSR count). The number of hydrogen-bond donors (Lipinski definition) is 1.